The summed E-state index contributed by atoms with van der Waals surface area (Å²) in [6.45, 7) is 6.34. The summed E-state index contributed by atoms with van der Waals surface area (Å²) in [5.74, 6) is -0.102. The van der Waals surface area contributed by atoms with Gasteiger partial charge in [0.1, 0.15) is 0 Å². The number of rotatable bonds is 4. The summed E-state index contributed by atoms with van der Waals surface area (Å²) in [5, 5.41) is 0. The molecule has 0 heterocycles. The fraction of sp³-hybridized carbons (Fsp3) is 0.200. The minimum atomic E-state index is -3.22. The SMILES string of the molecule is C=[C]NS(=O)(=O)CC=C. The number of hydrogen-bond acceptors (Lipinski definition) is 2. The molecule has 0 aliphatic carbocycles. The second-order valence-electron chi connectivity index (χ2n) is 1.35. The van der Waals surface area contributed by atoms with Gasteiger partial charge < -0.3 is 0 Å². The lowest BCUT2D eigenvalue weighted by atomic mass is 10.8. The molecule has 0 aromatic rings. The van der Waals surface area contributed by atoms with Crippen molar-refractivity contribution in [1.82, 2.24) is 4.72 Å². The zero-order valence-corrected chi connectivity index (χ0v) is 5.74. The van der Waals surface area contributed by atoms with Crippen LogP contribution in [0.4, 0.5) is 0 Å². The lowest BCUT2D eigenvalue weighted by Gasteiger charge is -1.95. The van der Waals surface area contributed by atoms with E-state index < -0.39 is 10.0 Å². The summed E-state index contributed by atoms with van der Waals surface area (Å²) in [6, 6.07) is 0. The van der Waals surface area contributed by atoms with E-state index in [1.165, 1.54) is 6.08 Å². The molecule has 0 amide bonds. The van der Waals surface area contributed by atoms with Crippen molar-refractivity contribution in [2.45, 2.75) is 0 Å². The Hall–Kier alpha value is -0.770. The van der Waals surface area contributed by atoms with Gasteiger partial charge in [0.05, 0.1) is 12.0 Å². The van der Waals surface area contributed by atoms with Crippen molar-refractivity contribution in [2.24, 2.45) is 0 Å². The molecule has 1 radical (unpaired) electrons. The van der Waals surface area contributed by atoms with Crippen LogP contribution in [0.1, 0.15) is 0 Å². The van der Waals surface area contributed by atoms with Gasteiger partial charge in [-0.05, 0) is 0 Å². The van der Waals surface area contributed by atoms with Crippen LogP contribution in [-0.4, -0.2) is 14.2 Å². The molecule has 0 aromatic carbocycles. The van der Waals surface area contributed by atoms with Crippen LogP contribution < -0.4 is 4.72 Å². The first-order chi connectivity index (χ1) is 4.12. The standard InChI is InChI=1S/C5H8NO2S/c1-3-5-9(7,8)6-4-2/h3,6H,1-2,5H2. The van der Waals surface area contributed by atoms with Gasteiger partial charge in [0.15, 0.2) is 0 Å². The molecule has 0 spiro atoms. The van der Waals surface area contributed by atoms with Crippen LogP contribution >= 0.6 is 0 Å². The van der Waals surface area contributed by atoms with Gasteiger partial charge in [0, 0.05) is 0 Å². The fourth-order valence-electron chi connectivity index (χ4n) is 0.307. The van der Waals surface area contributed by atoms with Crippen molar-refractivity contribution < 1.29 is 8.42 Å². The van der Waals surface area contributed by atoms with E-state index in [2.05, 4.69) is 19.4 Å². The highest BCUT2D eigenvalue weighted by atomic mass is 32.2. The van der Waals surface area contributed by atoms with Crippen LogP contribution in [0.15, 0.2) is 19.2 Å². The Morgan fingerprint density at radius 1 is 1.67 bits per heavy atom. The topological polar surface area (TPSA) is 46.2 Å². The summed E-state index contributed by atoms with van der Waals surface area (Å²) in [6.07, 6.45) is 3.35. The third kappa shape index (κ3) is 3.78. The maximum Gasteiger partial charge on any atom is 0.236 e. The highest BCUT2D eigenvalue weighted by Crippen LogP contribution is 1.81. The van der Waals surface area contributed by atoms with Crippen LogP contribution in [0.5, 0.6) is 0 Å². The third-order valence-corrected chi connectivity index (χ3v) is 1.69. The maximum atomic E-state index is 10.5. The Morgan fingerprint density at radius 3 is 2.56 bits per heavy atom. The molecule has 0 fully saturated rings. The fourth-order valence-corrected chi connectivity index (χ4v) is 0.920. The van der Waals surface area contributed by atoms with E-state index in [1.54, 1.807) is 0 Å². The maximum absolute atomic E-state index is 10.5. The Kier molecular flexibility index (Phi) is 3.01. The molecular formula is C5H8NO2S. The lowest BCUT2D eigenvalue weighted by Crippen LogP contribution is -2.19. The molecule has 3 nitrogen and oxygen atoms in total. The number of hydrogen-bond donors (Lipinski definition) is 1. The summed E-state index contributed by atoms with van der Waals surface area (Å²) >= 11 is 0. The average Bonchev–Trinajstić information content (AvgIpc) is 1.64. The highest BCUT2D eigenvalue weighted by Gasteiger charge is 2.01. The molecule has 0 saturated carbocycles. The van der Waals surface area contributed by atoms with Crippen molar-refractivity contribution >= 4 is 10.0 Å². The predicted molar refractivity (Wildman–Crippen MR) is 36.0 cm³/mol. The quantitative estimate of drug-likeness (QED) is 0.449. The Morgan fingerprint density at radius 2 is 2.22 bits per heavy atom. The van der Waals surface area contributed by atoms with Crippen LogP contribution in [0, 0.1) is 6.20 Å². The Labute approximate surface area is 55.1 Å². The smallest absolute Gasteiger partial charge is 0.236 e. The van der Waals surface area contributed by atoms with Crippen molar-refractivity contribution in [3.05, 3.63) is 25.4 Å². The number of sulfonamides is 1. The van der Waals surface area contributed by atoms with Crippen molar-refractivity contribution in [2.75, 3.05) is 5.75 Å². The molecule has 0 aliphatic rings. The molecule has 9 heavy (non-hydrogen) atoms. The first-order valence-corrected chi connectivity index (χ1v) is 3.90. The third-order valence-electron chi connectivity index (χ3n) is 0.565. The zero-order chi connectivity index (χ0) is 7.33. The molecule has 0 bridgehead atoms. The molecule has 0 aliphatic heterocycles. The van der Waals surface area contributed by atoms with E-state index in [1.807, 2.05) is 4.72 Å². The van der Waals surface area contributed by atoms with Crippen LogP contribution in [0.25, 0.3) is 0 Å². The monoisotopic (exact) mass is 146 g/mol. The van der Waals surface area contributed by atoms with E-state index >= 15 is 0 Å². The molecule has 0 unspecified atom stereocenters. The normalized spacial score (nSPS) is 10.2. The van der Waals surface area contributed by atoms with E-state index in [0.717, 1.165) is 0 Å². The van der Waals surface area contributed by atoms with E-state index in [4.69, 9.17) is 0 Å². The molecule has 0 saturated heterocycles. The van der Waals surface area contributed by atoms with Gasteiger partial charge in [-0.25, -0.2) is 8.42 Å². The Balaban J connectivity index is 4.03. The molecule has 0 rings (SSSR count). The molecule has 0 aromatic heterocycles. The molecule has 51 valence electrons. The number of nitrogens with one attached hydrogen (secondary N) is 1. The summed E-state index contributed by atoms with van der Waals surface area (Å²) < 4.78 is 23.1. The van der Waals surface area contributed by atoms with Gasteiger partial charge in [-0.1, -0.05) is 12.7 Å². The van der Waals surface area contributed by atoms with Crippen molar-refractivity contribution in [3.8, 4) is 0 Å². The van der Waals surface area contributed by atoms with Gasteiger partial charge >= 0.3 is 0 Å². The van der Waals surface area contributed by atoms with Gasteiger partial charge in [-0.15, -0.1) is 6.58 Å². The predicted octanol–water partition coefficient (Wildman–Crippen LogP) is 0.0385. The second-order valence-corrected chi connectivity index (χ2v) is 3.12. The molecule has 1 N–H and O–H groups in total. The highest BCUT2D eigenvalue weighted by molar-refractivity contribution is 7.89. The summed E-state index contributed by atoms with van der Waals surface area (Å²) in [4.78, 5) is 0. The summed E-state index contributed by atoms with van der Waals surface area (Å²) in [7, 11) is -3.22. The van der Waals surface area contributed by atoms with E-state index in [0.29, 0.717) is 0 Å². The second kappa shape index (κ2) is 3.29. The lowest BCUT2D eigenvalue weighted by molar-refractivity contribution is 0.593. The molecular weight excluding hydrogens is 138 g/mol. The van der Waals surface area contributed by atoms with Crippen LogP contribution in [-0.2, 0) is 10.0 Å². The van der Waals surface area contributed by atoms with E-state index in [-0.39, 0.29) is 5.75 Å². The van der Waals surface area contributed by atoms with Gasteiger partial charge in [-0.2, -0.15) is 0 Å². The largest absolute Gasteiger partial charge is 0.282 e. The first kappa shape index (κ1) is 8.23. The zero-order valence-electron chi connectivity index (χ0n) is 4.92. The van der Waals surface area contributed by atoms with Gasteiger partial charge in [0.2, 0.25) is 10.0 Å². The van der Waals surface area contributed by atoms with Crippen LogP contribution in [0.3, 0.4) is 0 Å². The Bertz CT molecular complexity index is 177. The molecule has 0 atom stereocenters. The summed E-state index contributed by atoms with van der Waals surface area (Å²) in [5.41, 5.74) is 0. The first-order valence-electron chi connectivity index (χ1n) is 2.25. The van der Waals surface area contributed by atoms with Gasteiger partial charge in [0.25, 0.3) is 0 Å². The van der Waals surface area contributed by atoms with Gasteiger partial charge in [-0.3, -0.25) is 4.72 Å². The van der Waals surface area contributed by atoms with Crippen LogP contribution in [0.2, 0.25) is 0 Å². The minimum Gasteiger partial charge on any atom is -0.282 e. The van der Waals surface area contributed by atoms with E-state index in [9.17, 15) is 8.42 Å². The molecule has 4 heteroatoms. The average molecular weight is 146 g/mol. The minimum absolute atomic E-state index is 0.102. The van der Waals surface area contributed by atoms with Crippen molar-refractivity contribution in [1.29, 1.82) is 0 Å². The van der Waals surface area contributed by atoms with Crippen molar-refractivity contribution in [3.63, 3.8) is 0 Å².